The molecule has 0 fully saturated rings. The lowest BCUT2D eigenvalue weighted by Crippen LogP contribution is -2.24. The molecule has 0 spiro atoms. The molecule has 1 aromatic carbocycles. The summed E-state index contributed by atoms with van der Waals surface area (Å²) in [5, 5.41) is 6.36. The lowest BCUT2D eigenvalue weighted by atomic mass is 10.2. The van der Waals surface area contributed by atoms with Gasteiger partial charge in [0.05, 0.1) is 20.1 Å². The Labute approximate surface area is 124 Å². The highest BCUT2D eigenvalue weighted by Gasteiger charge is 2.13. The van der Waals surface area contributed by atoms with Crippen LogP contribution in [0.1, 0.15) is 18.9 Å². The van der Waals surface area contributed by atoms with E-state index in [0.717, 1.165) is 5.56 Å². The molecule has 0 saturated carbocycles. The van der Waals surface area contributed by atoms with Crippen molar-refractivity contribution >= 4 is 17.5 Å². The standard InChI is InChI=1S/C14H21ClN2O3/c1-4-17-13(18)5-6-20-14-10(9-16-2)7-11(15)8-12(14)19-3/h7-8,16H,4-6,9H2,1-3H3,(H,17,18). The molecule has 1 amide bonds. The minimum absolute atomic E-state index is 0.0319. The molecule has 2 N–H and O–H groups in total. The fourth-order valence-electron chi connectivity index (χ4n) is 1.79. The van der Waals surface area contributed by atoms with E-state index in [4.69, 9.17) is 21.1 Å². The Kier molecular flexibility index (Phi) is 7.18. The monoisotopic (exact) mass is 300 g/mol. The van der Waals surface area contributed by atoms with Crippen LogP contribution in [0.3, 0.4) is 0 Å². The maximum atomic E-state index is 11.4. The van der Waals surface area contributed by atoms with Crippen LogP contribution in [0.2, 0.25) is 5.02 Å². The Morgan fingerprint density at radius 3 is 2.75 bits per heavy atom. The van der Waals surface area contributed by atoms with E-state index in [-0.39, 0.29) is 5.91 Å². The van der Waals surface area contributed by atoms with E-state index >= 15 is 0 Å². The zero-order chi connectivity index (χ0) is 15.0. The number of carbonyl (C=O) groups is 1. The molecule has 6 heteroatoms. The van der Waals surface area contributed by atoms with Crippen LogP contribution >= 0.6 is 11.6 Å². The van der Waals surface area contributed by atoms with Gasteiger partial charge in [-0.25, -0.2) is 0 Å². The lowest BCUT2D eigenvalue weighted by molar-refractivity contribution is -0.121. The third kappa shape index (κ3) is 4.90. The molecule has 0 aliphatic heterocycles. The second-order valence-electron chi connectivity index (χ2n) is 4.18. The number of carbonyl (C=O) groups excluding carboxylic acids is 1. The SMILES string of the molecule is CCNC(=O)CCOc1c(CNC)cc(Cl)cc1OC. The van der Waals surface area contributed by atoms with Gasteiger partial charge in [0.25, 0.3) is 0 Å². The van der Waals surface area contributed by atoms with Crippen molar-refractivity contribution < 1.29 is 14.3 Å². The van der Waals surface area contributed by atoms with Crippen LogP contribution in [-0.2, 0) is 11.3 Å². The van der Waals surface area contributed by atoms with E-state index in [1.165, 1.54) is 0 Å². The van der Waals surface area contributed by atoms with Gasteiger partial charge < -0.3 is 20.1 Å². The molecule has 0 bridgehead atoms. The molecular weight excluding hydrogens is 280 g/mol. The summed E-state index contributed by atoms with van der Waals surface area (Å²) in [4.78, 5) is 11.4. The number of rotatable bonds is 8. The van der Waals surface area contributed by atoms with Crippen molar-refractivity contribution in [2.75, 3.05) is 27.3 Å². The Balaban J connectivity index is 2.78. The highest BCUT2D eigenvalue weighted by molar-refractivity contribution is 6.30. The van der Waals surface area contributed by atoms with E-state index in [2.05, 4.69) is 10.6 Å². The number of hydrogen-bond donors (Lipinski definition) is 2. The summed E-state index contributed by atoms with van der Waals surface area (Å²) in [6, 6.07) is 3.52. The minimum atomic E-state index is -0.0319. The third-order valence-electron chi connectivity index (χ3n) is 2.63. The van der Waals surface area contributed by atoms with E-state index in [0.29, 0.717) is 42.6 Å². The summed E-state index contributed by atoms with van der Waals surface area (Å²) in [6.45, 7) is 3.40. The number of methoxy groups -OCH3 is 1. The molecule has 0 aromatic heterocycles. The Bertz CT molecular complexity index is 452. The molecule has 1 rings (SSSR count). The predicted octanol–water partition coefficient (Wildman–Crippen LogP) is 1.97. The van der Waals surface area contributed by atoms with Crippen molar-refractivity contribution in [1.29, 1.82) is 0 Å². The van der Waals surface area contributed by atoms with Gasteiger partial charge in [0, 0.05) is 29.7 Å². The summed E-state index contributed by atoms with van der Waals surface area (Å²) < 4.78 is 11.0. The highest BCUT2D eigenvalue weighted by atomic mass is 35.5. The number of halogens is 1. The normalized spacial score (nSPS) is 10.2. The van der Waals surface area contributed by atoms with Crippen molar-refractivity contribution in [2.45, 2.75) is 19.9 Å². The van der Waals surface area contributed by atoms with Crippen molar-refractivity contribution in [3.63, 3.8) is 0 Å². The average molecular weight is 301 g/mol. The minimum Gasteiger partial charge on any atom is -0.493 e. The summed E-state index contributed by atoms with van der Waals surface area (Å²) >= 11 is 6.03. The molecule has 0 radical (unpaired) electrons. The summed E-state index contributed by atoms with van der Waals surface area (Å²) in [6.07, 6.45) is 0.304. The molecule has 0 aliphatic rings. The molecule has 0 unspecified atom stereocenters. The second-order valence-corrected chi connectivity index (χ2v) is 4.62. The van der Waals surface area contributed by atoms with Crippen LogP contribution < -0.4 is 20.1 Å². The maximum Gasteiger partial charge on any atom is 0.223 e. The van der Waals surface area contributed by atoms with Crippen molar-refractivity contribution in [2.24, 2.45) is 0 Å². The van der Waals surface area contributed by atoms with E-state index < -0.39 is 0 Å². The summed E-state index contributed by atoms with van der Waals surface area (Å²) in [5.74, 6) is 1.16. The topological polar surface area (TPSA) is 59.6 Å². The predicted molar refractivity (Wildman–Crippen MR) is 79.6 cm³/mol. The molecule has 0 saturated heterocycles. The van der Waals surface area contributed by atoms with Gasteiger partial charge in [-0.2, -0.15) is 0 Å². The first-order valence-electron chi connectivity index (χ1n) is 6.52. The first-order chi connectivity index (χ1) is 9.62. The highest BCUT2D eigenvalue weighted by Crippen LogP contribution is 2.34. The van der Waals surface area contributed by atoms with Gasteiger partial charge in [-0.15, -0.1) is 0 Å². The van der Waals surface area contributed by atoms with Gasteiger partial charge in [-0.1, -0.05) is 11.6 Å². The van der Waals surface area contributed by atoms with Crippen LogP contribution in [0.4, 0.5) is 0 Å². The van der Waals surface area contributed by atoms with Crippen LogP contribution in [0, 0.1) is 0 Å². The van der Waals surface area contributed by atoms with Crippen molar-refractivity contribution in [3.8, 4) is 11.5 Å². The molecule has 0 atom stereocenters. The largest absolute Gasteiger partial charge is 0.493 e. The van der Waals surface area contributed by atoms with Gasteiger partial charge in [-0.3, -0.25) is 4.79 Å². The number of benzene rings is 1. The van der Waals surface area contributed by atoms with Gasteiger partial charge >= 0.3 is 0 Å². The van der Waals surface area contributed by atoms with Gasteiger partial charge in [-0.05, 0) is 20.0 Å². The number of nitrogens with one attached hydrogen (secondary N) is 2. The van der Waals surface area contributed by atoms with Crippen LogP contribution in [0.25, 0.3) is 0 Å². The fraction of sp³-hybridized carbons (Fsp3) is 0.500. The number of amides is 1. The average Bonchev–Trinajstić information content (AvgIpc) is 2.41. The van der Waals surface area contributed by atoms with Crippen LogP contribution in [-0.4, -0.2) is 33.2 Å². The van der Waals surface area contributed by atoms with Crippen molar-refractivity contribution in [1.82, 2.24) is 10.6 Å². The molecular formula is C14H21ClN2O3. The van der Waals surface area contributed by atoms with E-state index in [1.54, 1.807) is 13.2 Å². The van der Waals surface area contributed by atoms with Crippen LogP contribution in [0.5, 0.6) is 11.5 Å². The molecule has 20 heavy (non-hydrogen) atoms. The molecule has 0 heterocycles. The third-order valence-corrected chi connectivity index (χ3v) is 2.85. The molecule has 1 aromatic rings. The smallest absolute Gasteiger partial charge is 0.223 e. The summed E-state index contributed by atoms with van der Waals surface area (Å²) in [7, 11) is 3.40. The first kappa shape index (κ1) is 16.6. The Morgan fingerprint density at radius 1 is 1.40 bits per heavy atom. The van der Waals surface area contributed by atoms with Gasteiger partial charge in [0.15, 0.2) is 11.5 Å². The van der Waals surface area contributed by atoms with Gasteiger partial charge in [0.1, 0.15) is 0 Å². The van der Waals surface area contributed by atoms with Crippen molar-refractivity contribution in [3.05, 3.63) is 22.7 Å². The number of hydrogen-bond acceptors (Lipinski definition) is 4. The lowest BCUT2D eigenvalue weighted by Gasteiger charge is -2.15. The summed E-state index contributed by atoms with van der Waals surface area (Å²) in [5.41, 5.74) is 0.896. The second kappa shape index (κ2) is 8.66. The van der Waals surface area contributed by atoms with E-state index in [9.17, 15) is 4.79 Å². The quantitative estimate of drug-likeness (QED) is 0.771. The molecule has 0 aliphatic carbocycles. The maximum absolute atomic E-state index is 11.4. The van der Waals surface area contributed by atoms with E-state index in [1.807, 2.05) is 20.0 Å². The zero-order valence-electron chi connectivity index (χ0n) is 12.1. The Hall–Kier alpha value is -1.46. The zero-order valence-corrected chi connectivity index (χ0v) is 12.8. The molecule has 5 nitrogen and oxygen atoms in total. The first-order valence-corrected chi connectivity index (χ1v) is 6.90. The Morgan fingerprint density at radius 2 is 2.15 bits per heavy atom. The fourth-order valence-corrected chi connectivity index (χ4v) is 2.02. The number of ether oxygens (including phenoxy) is 2. The van der Waals surface area contributed by atoms with Gasteiger partial charge in [0.2, 0.25) is 5.91 Å². The molecule has 112 valence electrons. The van der Waals surface area contributed by atoms with Crippen LogP contribution in [0.15, 0.2) is 12.1 Å².